The summed E-state index contributed by atoms with van der Waals surface area (Å²) in [5.41, 5.74) is -0.289. The van der Waals surface area contributed by atoms with Crippen LogP contribution in [0.1, 0.15) is 33.6 Å². The SMILES string of the molecule is COC(=O)N1C(C)CC(CC#N)C1(C)C. The van der Waals surface area contributed by atoms with Crippen molar-refractivity contribution in [2.75, 3.05) is 7.11 Å². The van der Waals surface area contributed by atoms with Crippen LogP contribution in [0.3, 0.4) is 0 Å². The summed E-state index contributed by atoms with van der Waals surface area (Å²) >= 11 is 0. The predicted octanol–water partition coefficient (Wildman–Crippen LogP) is 2.16. The lowest BCUT2D eigenvalue weighted by Crippen LogP contribution is -2.48. The van der Waals surface area contributed by atoms with Crippen molar-refractivity contribution < 1.29 is 9.53 Å². The fourth-order valence-electron chi connectivity index (χ4n) is 2.53. The van der Waals surface area contributed by atoms with Crippen molar-refractivity contribution >= 4 is 6.09 Å². The average molecular weight is 210 g/mol. The Morgan fingerprint density at radius 3 is 2.73 bits per heavy atom. The van der Waals surface area contributed by atoms with Crippen LogP contribution in [-0.2, 0) is 4.74 Å². The standard InChI is InChI=1S/C11H18N2O2/c1-8-7-9(5-6-12)11(2,3)13(8)10(14)15-4/h8-9H,5,7H2,1-4H3. The van der Waals surface area contributed by atoms with E-state index in [9.17, 15) is 4.79 Å². The molecule has 4 heteroatoms. The summed E-state index contributed by atoms with van der Waals surface area (Å²) in [5.74, 6) is 0.233. The second-order valence-corrected chi connectivity index (χ2v) is 4.64. The highest BCUT2D eigenvalue weighted by Crippen LogP contribution is 2.40. The Balaban J connectivity index is 2.90. The molecule has 0 bridgehead atoms. The Morgan fingerprint density at radius 2 is 2.27 bits per heavy atom. The summed E-state index contributed by atoms with van der Waals surface area (Å²) in [7, 11) is 1.39. The van der Waals surface area contributed by atoms with E-state index in [1.165, 1.54) is 7.11 Å². The van der Waals surface area contributed by atoms with Gasteiger partial charge in [0.2, 0.25) is 0 Å². The van der Waals surface area contributed by atoms with E-state index in [1.54, 1.807) is 4.90 Å². The molecule has 0 aromatic rings. The molecule has 1 amide bonds. The largest absolute Gasteiger partial charge is 0.453 e. The molecular formula is C11H18N2O2. The van der Waals surface area contributed by atoms with Crippen LogP contribution in [-0.4, -0.2) is 29.7 Å². The predicted molar refractivity (Wildman–Crippen MR) is 56.1 cm³/mol. The molecule has 2 atom stereocenters. The number of rotatable bonds is 1. The van der Waals surface area contributed by atoms with Crippen molar-refractivity contribution in [1.29, 1.82) is 5.26 Å². The lowest BCUT2D eigenvalue weighted by molar-refractivity contribution is 0.0735. The molecule has 15 heavy (non-hydrogen) atoms. The lowest BCUT2D eigenvalue weighted by Gasteiger charge is -2.35. The molecule has 1 fully saturated rings. The molecule has 0 aliphatic carbocycles. The molecule has 0 spiro atoms. The van der Waals surface area contributed by atoms with Crippen LogP contribution < -0.4 is 0 Å². The molecule has 1 rings (SSSR count). The van der Waals surface area contributed by atoms with E-state index in [0.29, 0.717) is 6.42 Å². The number of hydrogen-bond acceptors (Lipinski definition) is 3. The van der Waals surface area contributed by atoms with Crippen molar-refractivity contribution in [3.05, 3.63) is 0 Å². The fraction of sp³-hybridized carbons (Fsp3) is 0.818. The van der Waals surface area contributed by atoms with Gasteiger partial charge in [-0.1, -0.05) is 0 Å². The van der Waals surface area contributed by atoms with Crippen LogP contribution in [0.25, 0.3) is 0 Å². The zero-order chi connectivity index (χ0) is 11.6. The average Bonchev–Trinajstić information content (AvgIpc) is 2.37. The molecule has 1 aliphatic rings. The summed E-state index contributed by atoms with van der Waals surface area (Å²) in [6.45, 7) is 5.99. The number of carbonyl (C=O) groups is 1. The van der Waals surface area contributed by atoms with E-state index < -0.39 is 0 Å². The number of likely N-dealkylation sites (tertiary alicyclic amines) is 1. The van der Waals surface area contributed by atoms with Crippen LogP contribution >= 0.6 is 0 Å². The third-order valence-corrected chi connectivity index (χ3v) is 3.40. The molecule has 4 nitrogen and oxygen atoms in total. The topological polar surface area (TPSA) is 53.3 Å². The van der Waals surface area contributed by atoms with E-state index in [4.69, 9.17) is 10.00 Å². The van der Waals surface area contributed by atoms with E-state index in [-0.39, 0.29) is 23.6 Å². The van der Waals surface area contributed by atoms with Crippen LogP contribution in [0.15, 0.2) is 0 Å². The van der Waals surface area contributed by atoms with E-state index in [0.717, 1.165) is 6.42 Å². The van der Waals surface area contributed by atoms with Gasteiger partial charge in [0.05, 0.1) is 13.2 Å². The first-order valence-corrected chi connectivity index (χ1v) is 5.19. The molecular weight excluding hydrogens is 192 g/mol. The third kappa shape index (κ3) is 1.92. The van der Waals surface area contributed by atoms with Gasteiger partial charge in [0, 0.05) is 18.0 Å². The summed E-state index contributed by atoms with van der Waals surface area (Å²) in [6, 6.07) is 2.33. The normalized spacial score (nSPS) is 28.6. The Hall–Kier alpha value is -1.24. The molecule has 0 aromatic heterocycles. The first-order chi connectivity index (χ1) is 6.95. The van der Waals surface area contributed by atoms with Gasteiger partial charge in [0.1, 0.15) is 0 Å². The molecule has 0 N–H and O–H groups in total. The molecule has 1 saturated heterocycles. The Morgan fingerprint density at radius 1 is 1.67 bits per heavy atom. The maximum atomic E-state index is 11.6. The number of methoxy groups -OCH3 is 1. The van der Waals surface area contributed by atoms with Crippen LogP contribution in [0, 0.1) is 17.2 Å². The first-order valence-electron chi connectivity index (χ1n) is 5.19. The van der Waals surface area contributed by atoms with Gasteiger partial charge in [-0.05, 0) is 33.1 Å². The minimum Gasteiger partial charge on any atom is -0.453 e. The maximum Gasteiger partial charge on any atom is 0.410 e. The van der Waals surface area contributed by atoms with E-state index >= 15 is 0 Å². The zero-order valence-electron chi connectivity index (χ0n) is 9.78. The van der Waals surface area contributed by atoms with Gasteiger partial charge >= 0.3 is 6.09 Å². The van der Waals surface area contributed by atoms with Crippen LogP contribution in [0.2, 0.25) is 0 Å². The van der Waals surface area contributed by atoms with Gasteiger partial charge in [-0.25, -0.2) is 4.79 Å². The second-order valence-electron chi connectivity index (χ2n) is 4.64. The number of hydrogen-bond donors (Lipinski definition) is 0. The van der Waals surface area contributed by atoms with Gasteiger partial charge in [-0.3, -0.25) is 0 Å². The fourth-order valence-corrected chi connectivity index (χ4v) is 2.53. The van der Waals surface area contributed by atoms with Crippen LogP contribution in [0.5, 0.6) is 0 Å². The minimum absolute atomic E-state index is 0.144. The van der Waals surface area contributed by atoms with Crippen molar-refractivity contribution in [2.45, 2.75) is 45.2 Å². The maximum absolute atomic E-state index is 11.6. The highest BCUT2D eigenvalue weighted by atomic mass is 16.5. The molecule has 0 saturated carbocycles. The van der Waals surface area contributed by atoms with E-state index in [2.05, 4.69) is 6.07 Å². The summed E-state index contributed by atoms with van der Waals surface area (Å²) in [4.78, 5) is 13.4. The minimum atomic E-state index is -0.298. The lowest BCUT2D eigenvalue weighted by atomic mass is 9.86. The molecule has 1 heterocycles. The van der Waals surface area contributed by atoms with Gasteiger partial charge in [0.25, 0.3) is 0 Å². The highest BCUT2D eigenvalue weighted by molar-refractivity contribution is 5.69. The summed E-state index contributed by atoms with van der Waals surface area (Å²) < 4.78 is 4.77. The van der Waals surface area contributed by atoms with E-state index in [1.807, 2.05) is 20.8 Å². The molecule has 0 aromatic carbocycles. The number of ether oxygens (including phenoxy) is 1. The van der Waals surface area contributed by atoms with Gasteiger partial charge < -0.3 is 9.64 Å². The molecule has 2 unspecified atom stereocenters. The highest BCUT2D eigenvalue weighted by Gasteiger charge is 2.48. The molecule has 84 valence electrons. The number of carbonyl (C=O) groups excluding carboxylic acids is 1. The third-order valence-electron chi connectivity index (χ3n) is 3.40. The van der Waals surface area contributed by atoms with Gasteiger partial charge in [-0.2, -0.15) is 5.26 Å². The van der Waals surface area contributed by atoms with Crippen molar-refractivity contribution in [3.8, 4) is 6.07 Å². The summed E-state index contributed by atoms with van der Waals surface area (Å²) in [5, 5.41) is 8.74. The van der Waals surface area contributed by atoms with Crippen molar-refractivity contribution in [1.82, 2.24) is 4.90 Å². The number of nitrogens with zero attached hydrogens (tertiary/aromatic N) is 2. The zero-order valence-corrected chi connectivity index (χ0v) is 9.78. The molecule has 0 radical (unpaired) electrons. The first kappa shape index (κ1) is 11.8. The monoisotopic (exact) mass is 210 g/mol. The van der Waals surface area contributed by atoms with Crippen molar-refractivity contribution in [2.24, 2.45) is 5.92 Å². The smallest absolute Gasteiger partial charge is 0.410 e. The second kappa shape index (κ2) is 4.09. The van der Waals surface area contributed by atoms with Crippen LogP contribution in [0.4, 0.5) is 4.79 Å². The van der Waals surface area contributed by atoms with Gasteiger partial charge in [0.15, 0.2) is 0 Å². The Bertz CT molecular complexity index is 293. The van der Waals surface area contributed by atoms with Gasteiger partial charge in [-0.15, -0.1) is 0 Å². The Labute approximate surface area is 90.8 Å². The number of amides is 1. The quantitative estimate of drug-likeness (QED) is 0.666. The number of nitriles is 1. The van der Waals surface area contributed by atoms with Crippen molar-refractivity contribution in [3.63, 3.8) is 0 Å². The summed E-state index contributed by atoms with van der Waals surface area (Å²) in [6.07, 6.45) is 1.06. The molecule has 1 aliphatic heterocycles. The Kier molecular flexibility index (Phi) is 3.23.